The molecule has 4 saturated carbocycles. The molecule has 0 spiro atoms. The summed E-state index contributed by atoms with van der Waals surface area (Å²) in [5.41, 5.74) is 4.13. The highest BCUT2D eigenvalue weighted by Crippen LogP contribution is 2.65. The molecule has 1 N–H and O–H groups in total. The topological polar surface area (TPSA) is 46.9 Å². The Morgan fingerprint density at radius 1 is 1.17 bits per heavy atom. The molecule has 4 fully saturated rings. The van der Waals surface area contributed by atoms with Crippen molar-refractivity contribution in [1.29, 1.82) is 0 Å². The molecular weight excluding hydrogens is 358 g/mol. The van der Waals surface area contributed by atoms with Crippen LogP contribution in [0.1, 0.15) is 61.6 Å². The second-order valence-corrected chi connectivity index (χ2v) is 10.3. The van der Waals surface area contributed by atoms with E-state index < -0.39 is 0 Å². The zero-order valence-corrected chi connectivity index (χ0v) is 17.8. The number of nitrogens with one attached hydrogen (secondary N) is 1. The Labute approximate surface area is 174 Å². The molecule has 1 aromatic carbocycles. The Balaban J connectivity index is 1.28. The Morgan fingerprint density at radius 3 is 2.55 bits per heavy atom. The van der Waals surface area contributed by atoms with Crippen LogP contribution in [0.3, 0.4) is 0 Å². The van der Waals surface area contributed by atoms with Gasteiger partial charge in [0, 0.05) is 19.8 Å². The van der Waals surface area contributed by atoms with Crippen LogP contribution in [0.25, 0.3) is 0 Å². The summed E-state index contributed by atoms with van der Waals surface area (Å²) in [7, 11) is 1.95. The summed E-state index contributed by atoms with van der Waals surface area (Å²) in [4.78, 5) is 13.4. The number of hydrogen-bond acceptors (Lipinski definition) is 2. The van der Waals surface area contributed by atoms with Crippen molar-refractivity contribution in [3.05, 3.63) is 53.3 Å². The van der Waals surface area contributed by atoms with Gasteiger partial charge in [0.2, 0.25) is 5.91 Å². The molecule has 2 aromatic rings. The number of rotatable bonds is 6. The van der Waals surface area contributed by atoms with Gasteiger partial charge in [-0.1, -0.05) is 29.8 Å². The highest BCUT2D eigenvalue weighted by atomic mass is 16.2. The third-order valence-electron chi connectivity index (χ3n) is 7.89. The molecule has 6 rings (SSSR count). The minimum Gasteiger partial charge on any atom is -0.356 e. The minimum atomic E-state index is -0.136. The highest BCUT2D eigenvalue weighted by Gasteiger charge is 2.60. The van der Waals surface area contributed by atoms with Gasteiger partial charge in [0.1, 0.15) is 0 Å². The van der Waals surface area contributed by atoms with Crippen molar-refractivity contribution in [2.45, 2.75) is 63.7 Å². The first-order valence-electron chi connectivity index (χ1n) is 11.3. The second-order valence-electron chi connectivity index (χ2n) is 10.3. The van der Waals surface area contributed by atoms with Crippen molar-refractivity contribution >= 4 is 5.91 Å². The van der Waals surface area contributed by atoms with E-state index in [0.29, 0.717) is 5.91 Å². The van der Waals surface area contributed by atoms with Crippen LogP contribution in [0.15, 0.2) is 36.7 Å². The van der Waals surface area contributed by atoms with Crippen molar-refractivity contribution in [3.63, 3.8) is 0 Å². The van der Waals surface area contributed by atoms with Crippen molar-refractivity contribution in [2.75, 3.05) is 6.54 Å². The predicted molar refractivity (Wildman–Crippen MR) is 115 cm³/mol. The monoisotopic (exact) mass is 391 g/mol. The summed E-state index contributed by atoms with van der Waals surface area (Å²) >= 11 is 0. The standard InChI is InChI=1S/C25H33N3O/c1-18-5-7-22(8-6-18)24-11-20-10-21(12-24)14-25(13-20,17-24)23(29)26-9-3-4-19-15-27-28(2)16-19/h5-8,15-16,20-21H,3-4,9-14,17H2,1-2H3,(H,26,29). The van der Waals surface area contributed by atoms with Crippen LogP contribution < -0.4 is 5.32 Å². The van der Waals surface area contributed by atoms with Gasteiger partial charge < -0.3 is 5.32 Å². The molecule has 4 heteroatoms. The molecule has 4 aliphatic carbocycles. The summed E-state index contributed by atoms with van der Waals surface area (Å²) in [5, 5.41) is 7.56. The maximum Gasteiger partial charge on any atom is 0.226 e. The largest absolute Gasteiger partial charge is 0.356 e. The average Bonchev–Trinajstić information content (AvgIpc) is 3.09. The van der Waals surface area contributed by atoms with E-state index in [0.717, 1.165) is 50.5 Å². The van der Waals surface area contributed by atoms with Crippen molar-refractivity contribution in [3.8, 4) is 0 Å². The maximum absolute atomic E-state index is 13.4. The lowest BCUT2D eigenvalue weighted by molar-refractivity contribution is -0.149. The number of carbonyl (C=O) groups excluding carboxylic acids is 1. The van der Waals surface area contributed by atoms with E-state index in [1.165, 1.54) is 36.0 Å². The molecule has 0 saturated heterocycles. The molecule has 154 valence electrons. The number of amides is 1. The first-order chi connectivity index (χ1) is 14.0. The van der Waals surface area contributed by atoms with Crippen LogP contribution >= 0.6 is 0 Å². The smallest absolute Gasteiger partial charge is 0.226 e. The van der Waals surface area contributed by atoms with Crippen molar-refractivity contribution in [2.24, 2.45) is 24.3 Å². The fraction of sp³-hybridized carbons (Fsp3) is 0.600. The van der Waals surface area contributed by atoms with Gasteiger partial charge in [0.25, 0.3) is 0 Å². The summed E-state index contributed by atoms with van der Waals surface area (Å²) < 4.78 is 1.84. The molecule has 4 aliphatic rings. The molecule has 1 heterocycles. The average molecular weight is 392 g/mol. The van der Waals surface area contributed by atoms with Gasteiger partial charge in [-0.05, 0) is 86.7 Å². The zero-order valence-electron chi connectivity index (χ0n) is 17.8. The van der Waals surface area contributed by atoms with Crippen LogP contribution in [0.4, 0.5) is 0 Å². The van der Waals surface area contributed by atoms with Gasteiger partial charge >= 0.3 is 0 Å². The van der Waals surface area contributed by atoms with E-state index in [4.69, 9.17) is 0 Å². The molecule has 4 nitrogen and oxygen atoms in total. The van der Waals surface area contributed by atoms with Crippen LogP contribution in [0.5, 0.6) is 0 Å². The normalized spacial score (nSPS) is 32.5. The number of aromatic nitrogens is 2. The number of benzene rings is 1. The number of hydrogen-bond donors (Lipinski definition) is 1. The summed E-state index contributed by atoms with van der Waals surface area (Å²) in [6, 6.07) is 9.17. The molecule has 0 radical (unpaired) electrons. The fourth-order valence-electron chi connectivity index (χ4n) is 7.06. The molecule has 1 aromatic heterocycles. The van der Waals surface area contributed by atoms with Crippen molar-refractivity contribution in [1.82, 2.24) is 15.1 Å². The van der Waals surface area contributed by atoms with E-state index >= 15 is 0 Å². The van der Waals surface area contributed by atoms with Gasteiger partial charge in [0.05, 0.1) is 11.6 Å². The summed E-state index contributed by atoms with van der Waals surface area (Å²) in [6.07, 6.45) is 13.1. The lowest BCUT2D eigenvalue weighted by atomic mass is 9.42. The maximum atomic E-state index is 13.4. The summed E-state index contributed by atoms with van der Waals surface area (Å²) in [6.45, 7) is 2.92. The summed E-state index contributed by atoms with van der Waals surface area (Å²) in [5.74, 6) is 1.77. The number of carbonyl (C=O) groups is 1. The Bertz CT molecular complexity index is 883. The van der Waals surface area contributed by atoms with Gasteiger partial charge in [-0.15, -0.1) is 0 Å². The molecular formula is C25H33N3O. The van der Waals surface area contributed by atoms with E-state index in [-0.39, 0.29) is 10.8 Å². The van der Waals surface area contributed by atoms with E-state index in [2.05, 4.69) is 47.8 Å². The molecule has 29 heavy (non-hydrogen) atoms. The third-order valence-corrected chi connectivity index (χ3v) is 7.89. The number of aryl methyl sites for hydroxylation is 3. The fourth-order valence-corrected chi connectivity index (χ4v) is 7.06. The minimum absolute atomic E-state index is 0.136. The Hall–Kier alpha value is -2.10. The van der Waals surface area contributed by atoms with Crippen LogP contribution in [0, 0.1) is 24.2 Å². The third kappa shape index (κ3) is 3.41. The van der Waals surface area contributed by atoms with E-state index in [1.54, 1.807) is 0 Å². The predicted octanol–water partition coefficient (Wildman–Crippen LogP) is 4.32. The molecule has 2 unspecified atom stereocenters. The molecule has 2 atom stereocenters. The zero-order chi connectivity index (χ0) is 20.1. The first-order valence-corrected chi connectivity index (χ1v) is 11.3. The number of nitrogens with zero attached hydrogens (tertiary/aromatic N) is 2. The Morgan fingerprint density at radius 2 is 1.90 bits per heavy atom. The first kappa shape index (κ1) is 18.9. The van der Waals surface area contributed by atoms with Gasteiger partial charge in [0.15, 0.2) is 0 Å². The highest BCUT2D eigenvalue weighted by molar-refractivity contribution is 5.83. The lowest BCUT2D eigenvalue weighted by Gasteiger charge is -2.61. The van der Waals surface area contributed by atoms with Crippen LogP contribution in [0.2, 0.25) is 0 Å². The lowest BCUT2D eigenvalue weighted by Crippen LogP contribution is -2.59. The van der Waals surface area contributed by atoms with Gasteiger partial charge in [-0.25, -0.2) is 0 Å². The Kier molecular flexibility index (Phi) is 4.56. The van der Waals surface area contributed by atoms with Crippen LogP contribution in [-0.4, -0.2) is 22.2 Å². The van der Waals surface area contributed by atoms with Gasteiger partial charge in [-0.3, -0.25) is 9.48 Å². The van der Waals surface area contributed by atoms with E-state index in [1.807, 2.05) is 17.9 Å². The molecule has 4 bridgehead atoms. The van der Waals surface area contributed by atoms with E-state index in [9.17, 15) is 4.79 Å². The van der Waals surface area contributed by atoms with Gasteiger partial charge in [-0.2, -0.15) is 5.10 Å². The van der Waals surface area contributed by atoms with Crippen LogP contribution in [-0.2, 0) is 23.7 Å². The van der Waals surface area contributed by atoms with Crippen molar-refractivity contribution < 1.29 is 4.79 Å². The quantitative estimate of drug-likeness (QED) is 0.746. The molecule has 0 aliphatic heterocycles. The SMILES string of the molecule is Cc1ccc(C23CC4CC(CC(C(=O)NCCCc5cnn(C)c5)(C4)C2)C3)cc1. The molecule has 1 amide bonds. The second kappa shape index (κ2) is 7.00.